The van der Waals surface area contributed by atoms with Gasteiger partial charge in [0.25, 0.3) is 0 Å². The van der Waals surface area contributed by atoms with E-state index in [1.54, 1.807) is 13.0 Å². The van der Waals surface area contributed by atoms with Crippen molar-refractivity contribution < 1.29 is 28.2 Å². The molecule has 0 aliphatic heterocycles. The second kappa shape index (κ2) is 7.02. The van der Waals surface area contributed by atoms with Crippen LogP contribution in [0, 0.1) is 0 Å². The Balaban J connectivity index is 3.02. The molecular weight excluding hydrogens is 354 g/mol. The largest absolute Gasteiger partial charge is 0.492 e. The number of carboxylic acid groups (broad SMARTS) is 1. The Labute approximate surface area is 124 Å². The zero-order valence-electron chi connectivity index (χ0n) is 10.5. The first kappa shape index (κ1) is 16.9. The van der Waals surface area contributed by atoms with Crippen molar-refractivity contribution in [1.82, 2.24) is 4.72 Å². The summed E-state index contributed by atoms with van der Waals surface area (Å²) in [6.45, 7) is 1.36. The number of aliphatic hydroxyl groups is 1. The number of aliphatic hydroxyl groups excluding tert-OH is 1. The summed E-state index contributed by atoms with van der Waals surface area (Å²) in [5.74, 6) is -1.36. The number of hydrogen-bond donors (Lipinski definition) is 3. The third-order valence-corrected chi connectivity index (χ3v) is 4.18. The van der Waals surface area contributed by atoms with Gasteiger partial charge >= 0.3 is 5.97 Å². The lowest BCUT2D eigenvalue weighted by Gasteiger charge is -2.13. The van der Waals surface area contributed by atoms with E-state index in [4.69, 9.17) is 14.9 Å². The Morgan fingerprint density at radius 3 is 2.70 bits per heavy atom. The van der Waals surface area contributed by atoms with Crippen LogP contribution < -0.4 is 9.46 Å². The fraction of sp³-hybridized carbons (Fsp3) is 0.364. The van der Waals surface area contributed by atoms with Gasteiger partial charge in [0.05, 0.1) is 6.61 Å². The SMILES string of the molecule is CCOc1ccc(Br)cc1S(=O)(=O)NCC(O)C(=O)O. The summed E-state index contributed by atoms with van der Waals surface area (Å²) in [5, 5.41) is 17.6. The lowest BCUT2D eigenvalue weighted by molar-refractivity contribution is -0.146. The van der Waals surface area contributed by atoms with Crippen molar-refractivity contribution in [2.75, 3.05) is 13.2 Å². The zero-order chi connectivity index (χ0) is 15.3. The van der Waals surface area contributed by atoms with Gasteiger partial charge in [-0.25, -0.2) is 17.9 Å². The van der Waals surface area contributed by atoms with Gasteiger partial charge in [0, 0.05) is 11.0 Å². The zero-order valence-corrected chi connectivity index (χ0v) is 12.9. The van der Waals surface area contributed by atoms with E-state index >= 15 is 0 Å². The first-order valence-electron chi connectivity index (χ1n) is 5.60. The van der Waals surface area contributed by atoms with Gasteiger partial charge in [-0.3, -0.25) is 0 Å². The molecule has 7 nitrogen and oxygen atoms in total. The molecule has 9 heteroatoms. The van der Waals surface area contributed by atoms with Gasteiger partial charge in [0.2, 0.25) is 10.0 Å². The molecule has 0 aliphatic carbocycles. The molecule has 0 heterocycles. The molecule has 0 fully saturated rings. The number of carboxylic acids is 1. The monoisotopic (exact) mass is 367 g/mol. The highest BCUT2D eigenvalue weighted by atomic mass is 79.9. The average molecular weight is 368 g/mol. The van der Waals surface area contributed by atoms with E-state index < -0.39 is 28.6 Å². The number of nitrogens with one attached hydrogen (secondary N) is 1. The van der Waals surface area contributed by atoms with Crippen molar-refractivity contribution >= 4 is 31.9 Å². The quantitative estimate of drug-likeness (QED) is 0.649. The topological polar surface area (TPSA) is 113 Å². The van der Waals surface area contributed by atoms with Crippen molar-refractivity contribution in [2.45, 2.75) is 17.9 Å². The Hall–Kier alpha value is -1.16. The first-order valence-corrected chi connectivity index (χ1v) is 7.88. The number of hydrogen-bond acceptors (Lipinski definition) is 5. The van der Waals surface area contributed by atoms with E-state index in [1.165, 1.54) is 12.1 Å². The summed E-state index contributed by atoms with van der Waals surface area (Å²) >= 11 is 3.15. The average Bonchev–Trinajstić information content (AvgIpc) is 2.38. The number of aliphatic carboxylic acids is 1. The maximum absolute atomic E-state index is 12.1. The molecule has 1 unspecified atom stereocenters. The summed E-state index contributed by atoms with van der Waals surface area (Å²) in [4.78, 5) is 10.3. The molecule has 0 amide bonds. The molecule has 1 rings (SSSR count). The second-order valence-electron chi connectivity index (χ2n) is 3.73. The van der Waals surface area contributed by atoms with Gasteiger partial charge in [-0.05, 0) is 25.1 Å². The molecule has 0 radical (unpaired) electrons. The number of sulfonamides is 1. The summed E-state index contributed by atoms with van der Waals surface area (Å²) in [7, 11) is -3.99. The summed E-state index contributed by atoms with van der Waals surface area (Å²) < 4.78 is 31.9. The minimum Gasteiger partial charge on any atom is -0.492 e. The maximum Gasteiger partial charge on any atom is 0.333 e. The Kier molecular flexibility index (Phi) is 5.93. The van der Waals surface area contributed by atoms with Gasteiger partial charge in [-0.2, -0.15) is 0 Å². The smallest absolute Gasteiger partial charge is 0.333 e. The van der Waals surface area contributed by atoms with Gasteiger partial charge in [0.15, 0.2) is 6.10 Å². The van der Waals surface area contributed by atoms with Gasteiger partial charge < -0.3 is 14.9 Å². The summed E-state index contributed by atoms with van der Waals surface area (Å²) in [6.07, 6.45) is -1.81. The van der Waals surface area contributed by atoms with Gasteiger partial charge in [-0.15, -0.1) is 0 Å². The molecule has 20 heavy (non-hydrogen) atoms. The van der Waals surface area contributed by atoms with Gasteiger partial charge in [-0.1, -0.05) is 15.9 Å². The second-order valence-corrected chi connectivity index (χ2v) is 6.38. The molecular formula is C11H14BrNO6S. The molecule has 1 aromatic carbocycles. The van der Waals surface area contributed by atoms with Crippen LogP contribution in [0.3, 0.4) is 0 Å². The predicted octanol–water partition coefficient (Wildman–Crippen LogP) is 0.572. The summed E-state index contributed by atoms with van der Waals surface area (Å²) in [5.41, 5.74) is 0. The van der Waals surface area contributed by atoms with Crippen LogP contribution in [0.25, 0.3) is 0 Å². The molecule has 0 saturated carbocycles. The fourth-order valence-corrected chi connectivity index (χ4v) is 3.04. The number of rotatable bonds is 7. The van der Waals surface area contributed by atoms with Crippen molar-refractivity contribution in [3.05, 3.63) is 22.7 Å². The van der Waals surface area contributed by atoms with E-state index in [0.29, 0.717) is 4.47 Å². The van der Waals surface area contributed by atoms with Crippen molar-refractivity contribution in [3.8, 4) is 5.75 Å². The van der Waals surface area contributed by atoms with Crippen LogP contribution in [0.5, 0.6) is 5.75 Å². The van der Waals surface area contributed by atoms with Crippen molar-refractivity contribution in [3.63, 3.8) is 0 Å². The number of carbonyl (C=O) groups is 1. The van der Waals surface area contributed by atoms with Crippen molar-refractivity contribution in [1.29, 1.82) is 0 Å². The number of halogens is 1. The third-order valence-electron chi connectivity index (χ3n) is 2.25. The normalized spacial score (nSPS) is 12.9. The molecule has 0 bridgehead atoms. The lowest BCUT2D eigenvalue weighted by Crippen LogP contribution is -2.36. The van der Waals surface area contributed by atoms with Crippen molar-refractivity contribution in [2.24, 2.45) is 0 Å². The molecule has 0 aromatic heterocycles. The highest BCUT2D eigenvalue weighted by Crippen LogP contribution is 2.27. The van der Waals surface area contributed by atoms with E-state index in [0.717, 1.165) is 0 Å². The Morgan fingerprint density at radius 1 is 1.50 bits per heavy atom. The number of benzene rings is 1. The standard InChI is InChI=1S/C11H14BrNO6S/c1-2-19-9-4-3-7(12)5-10(9)20(17,18)13-6-8(14)11(15)16/h3-5,8,13-14H,2,6H2,1H3,(H,15,16). The van der Waals surface area contributed by atoms with Crippen LogP contribution in [0.4, 0.5) is 0 Å². The first-order chi connectivity index (χ1) is 9.27. The molecule has 3 N–H and O–H groups in total. The van der Waals surface area contributed by atoms with Crippen LogP contribution in [0.15, 0.2) is 27.6 Å². The molecule has 0 spiro atoms. The maximum atomic E-state index is 12.1. The fourth-order valence-electron chi connectivity index (χ4n) is 1.32. The van der Waals surface area contributed by atoms with Crippen LogP contribution >= 0.6 is 15.9 Å². The molecule has 1 aromatic rings. The van der Waals surface area contributed by atoms with E-state index in [-0.39, 0.29) is 17.3 Å². The van der Waals surface area contributed by atoms with E-state index in [9.17, 15) is 13.2 Å². The Morgan fingerprint density at radius 2 is 2.15 bits per heavy atom. The lowest BCUT2D eigenvalue weighted by atomic mass is 10.3. The molecule has 1 atom stereocenters. The highest BCUT2D eigenvalue weighted by Gasteiger charge is 2.23. The van der Waals surface area contributed by atoms with Gasteiger partial charge in [0.1, 0.15) is 10.6 Å². The number of ether oxygens (including phenoxy) is 1. The van der Waals surface area contributed by atoms with E-state index in [2.05, 4.69) is 15.9 Å². The van der Waals surface area contributed by atoms with Crippen LogP contribution in [0.2, 0.25) is 0 Å². The summed E-state index contributed by atoms with van der Waals surface area (Å²) in [6, 6.07) is 4.44. The van der Waals surface area contributed by atoms with E-state index in [1.807, 2.05) is 4.72 Å². The molecule has 0 saturated heterocycles. The van der Waals surface area contributed by atoms with Crippen LogP contribution in [-0.2, 0) is 14.8 Å². The molecule has 112 valence electrons. The van der Waals surface area contributed by atoms with Crippen LogP contribution in [-0.4, -0.2) is 43.9 Å². The molecule has 0 aliphatic rings. The Bertz CT molecular complexity index is 589. The minimum absolute atomic E-state index is 0.133. The van der Waals surface area contributed by atoms with Crippen LogP contribution in [0.1, 0.15) is 6.92 Å². The third kappa shape index (κ3) is 4.44. The predicted molar refractivity (Wildman–Crippen MR) is 74.1 cm³/mol. The minimum atomic E-state index is -3.99. The highest BCUT2D eigenvalue weighted by molar-refractivity contribution is 9.10.